The zero-order chi connectivity index (χ0) is 13.6. The van der Waals surface area contributed by atoms with Gasteiger partial charge in [-0.15, -0.1) is 11.6 Å². The SMILES string of the molecule is CCOP(=O)(OCC)[C@H](Cl)C(=O)c1ccccc1. The highest BCUT2D eigenvalue weighted by Gasteiger charge is 2.39. The number of alkyl halides is 1. The van der Waals surface area contributed by atoms with Gasteiger partial charge in [0.1, 0.15) is 0 Å². The summed E-state index contributed by atoms with van der Waals surface area (Å²) in [7, 11) is -3.62. The van der Waals surface area contributed by atoms with Crippen LogP contribution in [0.25, 0.3) is 0 Å². The van der Waals surface area contributed by atoms with Crippen LogP contribution in [0.5, 0.6) is 0 Å². The molecule has 1 aromatic carbocycles. The van der Waals surface area contributed by atoms with Crippen molar-refractivity contribution in [2.24, 2.45) is 0 Å². The van der Waals surface area contributed by atoms with Crippen LogP contribution in [0, 0.1) is 0 Å². The molecular formula is C12H16ClO4P. The molecule has 0 spiro atoms. The third-order valence-corrected chi connectivity index (χ3v) is 5.11. The van der Waals surface area contributed by atoms with Crippen LogP contribution in [0.1, 0.15) is 24.2 Å². The third kappa shape index (κ3) is 3.66. The van der Waals surface area contributed by atoms with Gasteiger partial charge in [-0.1, -0.05) is 30.3 Å². The largest absolute Gasteiger partial charge is 0.356 e. The van der Waals surface area contributed by atoms with Gasteiger partial charge in [0.15, 0.2) is 10.9 Å². The minimum atomic E-state index is -3.62. The molecule has 4 nitrogen and oxygen atoms in total. The van der Waals surface area contributed by atoms with Gasteiger partial charge < -0.3 is 9.05 Å². The number of hydrogen-bond acceptors (Lipinski definition) is 4. The number of carbonyl (C=O) groups excluding carboxylic acids is 1. The number of Topliss-reactive ketones (excluding diaryl/α,β-unsaturated/α-hetero) is 1. The van der Waals surface area contributed by atoms with Gasteiger partial charge in [0, 0.05) is 5.56 Å². The monoisotopic (exact) mass is 290 g/mol. The van der Waals surface area contributed by atoms with Crippen molar-refractivity contribution in [3.05, 3.63) is 35.9 Å². The predicted octanol–water partition coefficient (Wildman–Crippen LogP) is 3.70. The molecule has 0 bridgehead atoms. The Hall–Kier alpha value is -0.670. The molecular weight excluding hydrogens is 275 g/mol. The van der Waals surface area contributed by atoms with Gasteiger partial charge in [-0.3, -0.25) is 9.36 Å². The number of ketones is 1. The lowest BCUT2D eigenvalue weighted by Crippen LogP contribution is -2.18. The highest BCUT2D eigenvalue weighted by molar-refractivity contribution is 7.58. The fourth-order valence-corrected chi connectivity index (χ4v) is 3.37. The second-order valence-corrected chi connectivity index (χ2v) is 6.29. The zero-order valence-corrected chi connectivity index (χ0v) is 12.0. The maximum atomic E-state index is 12.3. The maximum absolute atomic E-state index is 12.3. The van der Waals surface area contributed by atoms with Gasteiger partial charge in [-0.05, 0) is 13.8 Å². The van der Waals surface area contributed by atoms with Crippen LogP contribution in [0.4, 0.5) is 0 Å². The highest BCUT2D eigenvalue weighted by Crippen LogP contribution is 2.55. The van der Waals surface area contributed by atoms with E-state index in [2.05, 4.69) is 0 Å². The molecule has 0 aliphatic rings. The average molecular weight is 291 g/mol. The summed E-state index contributed by atoms with van der Waals surface area (Å²) in [5, 5.41) is -1.32. The minimum Gasteiger partial charge on any atom is -0.308 e. The van der Waals surface area contributed by atoms with E-state index in [-0.39, 0.29) is 13.2 Å². The highest BCUT2D eigenvalue weighted by atomic mass is 35.5. The summed E-state index contributed by atoms with van der Waals surface area (Å²) in [4.78, 5) is 12.1. The van der Waals surface area contributed by atoms with Gasteiger partial charge >= 0.3 is 7.60 Å². The first-order valence-electron chi connectivity index (χ1n) is 5.67. The molecule has 100 valence electrons. The second-order valence-electron chi connectivity index (χ2n) is 3.44. The molecule has 0 amide bonds. The molecule has 6 heteroatoms. The Morgan fingerprint density at radius 3 is 2.17 bits per heavy atom. The van der Waals surface area contributed by atoms with Crippen molar-refractivity contribution in [3.8, 4) is 0 Å². The van der Waals surface area contributed by atoms with Crippen LogP contribution >= 0.6 is 19.2 Å². The number of rotatable bonds is 7. The Labute approximate surface area is 112 Å². The topological polar surface area (TPSA) is 52.6 Å². The first-order chi connectivity index (χ1) is 8.55. The van der Waals surface area contributed by atoms with E-state index in [4.69, 9.17) is 20.6 Å². The van der Waals surface area contributed by atoms with E-state index in [9.17, 15) is 9.36 Å². The van der Waals surface area contributed by atoms with Crippen molar-refractivity contribution in [3.63, 3.8) is 0 Å². The smallest absolute Gasteiger partial charge is 0.308 e. The third-order valence-electron chi connectivity index (χ3n) is 2.17. The molecule has 0 aromatic heterocycles. The van der Waals surface area contributed by atoms with Gasteiger partial charge in [0.25, 0.3) is 0 Å². The van der Waals surface area contributed by atoms with Crippen molar-refractivity contribution in [1.29, 1.82) is 0 Å². The Balaban J connectivity index is 2.93. The molecule has 0 N–H and O–H groups in total. The van der Waals surface area contributed by atoms with Crippen LogP contribution in [0.2, 0.25) is 0 Å². The fraction of sp³-hybridized carbons (Fsp3) is 0.417. The average Bonchev–Trinajstić information content (AvgIpc) is 2.38. The van der Waals surface area contributed by atoms with Crippen LogP contribution < -0.4 is 0 Å². The summed E-state index contributed by atoms with van der Waals surface area (Å²) in [5.41, 5.74) is 0.386. The number of halogens is 1. The van der Waals surface area contributed by atoms with Crippen LogP contribution in [-0.4, -0.2) is 24.1 Å². The summed E-state index contributed by atoms with van der Waals surface area (Å²) < 4.78 is 22.4. The van der Waals surface area contributed by atoms with E-state index < -0.39 is 18.5 Å². The molecule has 0 fully saturated rings. The molecule has 0 unspecified atom stereocenters. The Morgan fingerprint density at radius 2 is 1.72 bits per heavy atom. The van der Waals surface area contributed by atoms with Crippen LogP contribution in [-0.2, 0) is 13.6 Å². The normalized spacial score (nSPS) is 13.3. The summed E-state index contributed by atoms with van der Waals surface area (Å²) in [6.45, 7) is 3.68. The Bertz CT molecular complexity index is 425. The summed E-state index contributed by atoms with van der Waals surface area (Å²) in [6.07, 6.45) is 0. The fourth-order valence-electron chi connectivity index (χ4n) is 1.41. The van der Waals surface area contributed by atoms with Crippen LogP contribution in [0.15, 0.2) is 30.3 Å². The van der Waals surface area contributed by atoms with E-state index in [1.54, 1.807) is 44.2 Å². The van der Waals surface area contributed by atoms with Crippen molar-refractivity contribution >= 4 is 25.0 Å². The van der Waals surface area contributed by atoms with E-state index in [1.165, 1.54) is 0 Å². The Morgan fingerprint density at radius 1 is 1.22 bits per heavy atom. The second kappa shape index (κ2) is 7.05. The molecule has 0 aliphatic heterocycles. The molecule has 0 saturated heterocycles. The molecule has 0 saturated carbocycles. The molecule has 1 aromatic rings. The predicted molar refractivity (Wildman–Crippen MR) is 71.3 cm³/mol. The van der Waals surface area contributed by atoms with E-state index >= 15 is 0 Å². The van der Waals surface area contributed by atoms with Gasteiger partial charge in [0.2, 0.25) is 0 Å². The maximum Gasteiger partial charge on any atom is 0.356 e. The van der Waals surface area contributed by atoms with E-state index in [0.717, 1.165) is 0 Å². The van der Waals surface area contributed by atoms with Crippen molar-refractivity contribution in [1.82, 2.24) is 0 Å². The zero-order valence-electron chi connectivity index (χ0n) is 10.3. The lowest BCUT2D eigenvalue weighted by atomic mass is 10.1. The van der Waals surface area contributed by atoms with Gasteiger partial charge in [-0.25, -0.2) is 0 Å². The molecule has 0 aliphatic carbocycles. The molecule has 1 atom stereocenters. The van der Waals surface area contributed by atoms with Crippen LogP contribution in [0.3, 0.4) is 0 Å². The van der Waals surface area contributed by atoms with E-state index in [0.29, 0.717) is 5.56 Å². The first kappa shape index (κ1) is 15.4. The quantitative estimate of drug-likeness (QED) is 0.436. The first-order valence-corrected chi connectivity index (χ1v) is 7.72. The van der Waals surface area contributed by atoms with Crippen molar-refractivity contribution < 1.29 is 18.4 Å². The standard InChI is InChI=1S/C12H16ClO4P/c1-3-16-18(15,17-4-2)12(13)11(14)10-8-6-5-7-9-10/h5-9,12H,3-4H2,1-2H3/t12-/m0/s1. The van der Waals surface area contributed by atoms with Gasteiger partial charge in [0.05, 0.1) is 13.2 Å². The lowest BCUT2D eigenvalue weighted by molar-refractivity contribution is 0.0992. The number of carbonyl (C=O) groups is 1. The van der Waals surface area contributed by atoms with Gasteiger partial charge in [-0.2, -0.15) is 0 Å². The summed E-state index contributed by atoms with van der Waals surface area (Å²) >= 11 is 5.97. The molecule has 0 heterocycles. The minimum absolute atomic E-state index is 0.169. The molecule has 0 radical (unpaired) electrons. The summed E-state index contributed by atoms with van der Waals surface area (Å²) in [5.74, 6) is -0.456. The van der Waals surface area contributed by atoms with Crippen molar-refractivity contribution in [2.45, 2.75) is 19.0 Å². The van der Waals surface area contributed by atoms with E-state index in [1.807, 2.05) is 0 Å². The molecule has 18 heavy (non-hydrogen) atoms. The molecule has 1 rings (SSSR count). The number of hydrogen-bond donors (Lipinski definition) is 0. The number of benzene rings is 1. The Kier molecular flexibility index (Phi) is 6.03. The summed E-state index contributed by atoms with van der Waals surface area (Å²) in [6, 6.07) is 8.43. The lowest BCUT2D eigenvalue weighted by Gasteiger charge is -2.20. The van der Waals surface area contributed by atoms with Crippen molar-refractivity contribution in [2.75, 3.05) is 13.2 Å².